The van der Waals surface area contributed by atoms with E-state index in [-0.39, 0.29) is 0 Å². The average Bonchev–Trinajstić information content (AvgIpc) is 2.38. The van der Waals surface area contributed by atoms with Gasteiger partial charge in [-0.25, -0.2) is 4.98 Å². The fourth-order valence-corrected chi connectivity index (χ4v) is 2.47. The molecule has 0 aliphatic carbocycles. The van der Waals surface area contributed by atoms with Crippen molar-refractivity contribution in [2.24, 2.45) is 0 Å². The Bertz CT molecular complexity index is 622. The monoisotopic (exact) mass is 321 g/mol. The molecular formula is C13H9BrClN3. The summed E-state index contributed by atoms with van der Waals surface area (Å²) >= 11 is 9.29. The number of pyridine rings is 1. The number of nitriles is 1. The third-order valence-electron chi connectivity index (χ3n) is 2.47. The molecule has 0 bridgehead atoms. The Morgan fingerprint density at radius 1 is 1.39 bits per heavy atom. The molecule has 1 aromatic carbocycles. The van der Waals surface area contributed by atoms with E-state index >= 15 is 0 Å². The van der Waals surface area contributed by atoms with Gasteiger partial charge < -0.3 is 4.90 Å². The molecule has 0 unspecified atom stereocenters. The lowest BCUT2D eigenvalue weighted by Crippen LogP contribution is -2.11. The molecule has 1 heterocycles. The number of halogens is 2. The molecule has 0 saturated heterocycles. The highest BCUT2D eigenvalue weighted by atomic mass is 79.9. The van der Waals surface area contributed by atoms with Gasteiger partial charge in [0.25, 0.3) is 0 Å². The summed E-state index contributed by atoms with van der Waals surface area (Å²) in [5.41, 5.74) is 1.51. The third-order valence-corrected chi connectivity index (χ3v) is 3.26. The second-order valence-corrected chi connectivity index (χ2v) is 4.97. The molecule has 5 heteroatoms. The lowest BCUT2D eigenvalue weighted by molar-refractivity contribution is 1.12. The summed E-state index contributed by atoms with van der Waals surface area (Å²) in [5.74, 6) is 0.745. The summed E-state index contributed by atoms with van der Waals surface area (Å²) < 4.78 is 0.805. The summed E-state index contributed by atoms with van der Waals surface area (Å²) in [6.07, 6.45) is 1.59. The van der Waals surface area contributed by atoms with E-state index in [4.69, 9.17) is 16.9 Å². The van der Waals surface area contributed by atoms with E-state index < -0.39 is 0 Å². The van der Waals surface area contributed by atoms with Crippen molar-refractivity contribution in [3.05, 3.63) is 51.6 Å². The fraction of sp³-hybridized carbons (Fsp3) is 0.0769. The van der Waals surface area contributed by atoms with Gasteiger partial charge in [-0.05, 0) is 40.2 Å². The van der Waals surface area contributed by atoms with Crippen molar-refractivity contribution in [1.29, 1.82) is 5.26 Å². The summed E-state index contributed by atoms with van der Waals surface area (Å²) in [6.45, 7) is 0. The van der Waals surface area contributed by atoms with Crippen molar-refractivity contribution in [2.45, 2.75) is 0 Å². The first-order valence-electron chi connectivity index (χ1n) is 5.17. The maximum atomic E-state index is 8.89. The van der Waals surface area contributed by atoms with Crippen LogP contribution in [0.25, 0.3) is 0 Å². The molecule has 0 saturated carbocycles. The molecule has 2 aromatic rings. The van der Waals surface area contributed by atoms with E-state index in [2.05, 4.69) is 27.0 Å². The first kappa shape index (κ1) is 12.9. The molecule has 0 atom stereocenters. The highest BCUT2D eigenvalue weighted by Gasteiger charge is 2.10. The van der Waals surface area contributed by atoms with Crippen LogP contribution in [0.2, 0.25) is 5.02 Å². The van der Waals surface area contributed by atoms with Gasteiger partial charge in [-0.15, -0.1) is 0 Å². The lowest BCUT2D eigenvalue weighted by Gasteiger charge is -2.19. The number of anilines is 2. The topological polar surface area (TPSA) is 39.9 Å². The van der Waals surface area contributed by atoms with Gasteiger partial charge in [0.1, 0.15) is 5.82 Å². The van der Waals surface area contributed by atoms with Crippen LogP contribution < -0.4 is 4.90 Å². The number of nitrogens with zero attached hydrogens (tertiary/aromatic N) is 3. The summed E-state index contributed by atoms with van der Waals surface area (Å²) in [6, 6.07) is 11.2. The van der Waals surface area contributed by atoms with Gasteiger partial charge in [0.15, 0.2) is 0 Å². The molecule has 0 radical (unpaired) electrons. The number of aromatic nitrogens is 1. The third kappa shape index (κ3) is 2.63. The van der Waals surface area contributed by atoms with Crippen LogP contribution in [0.3, 0.4) is 0 Å². The minimum absolute atomic E-state index is 0.574. The lowest BCUT2D eigenvalue weighted by atomic mass is 10.2. The fourth-order valence-electron chi connectivity index (χ4n) is 1.56. The van der Waals surface area contributed by atoms with Gasteiger partial charge in [0.05, 0.1) is 21.1 Å². The number of hydrogen-bond acceptors (Lipinski definition) is 3. The molecule has 18 heavy (non-hydrogen) atoms. The van der Waals surface area contributed by atoms with Crippen LogP contribution in [0.5, 0.6) is 0 Å². The van der Waals surface area contributed by atoms with Crippen molar-refractivity contribution >= 4 is 39.0 Å². The number of benzene rings is 1. The van der Waals surface area contributed by atoms with Crippen molar-refractivity contribution in [1.82, 2.24) is 4.98 Å². The Labute approximate surface area is 119 Å². The zero-order valence-corrected chi connectivity index (χ0v) is 11.9. The predicted molar refractivity (Wildman–Crippen MR) is 76.2 cm³/mol. The molecule has 3 nitrogen and oxygen atoms in total. The first-order chi connectivity index (χ1) is 8.61. The van der Waals surface area contributed by atoms with Gasteiger partial charge >= 0.3 is 0 Å². The second-order valence-electron chi connectivity index (χ2n) is 3.68. The summed E-state index contributed by atoms with van der Waals surface area (Å²) in [4.78, 5) is 6.16. The van der Waals surface area contributed by atoms with Crippen molar-refractivity contribution in [2.75, 3.05) is 11.9 Å². The van der Waals surface area contributed by atoms with Gasteiger partial charge in [-0.1, -0.05) is 17.7 Å². The summed E-state index contributed by atoms with van der Waals surface area (Å²) in [5, 5.41) is 9.47. The highest BCUT2D eigenvalue weighted by Crippen LogP contribution is 2.30. The van der Waals surface area contributed by atoms with Crippen LogP contribution in [0.4, 0.5) is 11.5 Å². The Morgan fingerprint density at radius 3 is 2.83 bits per heavy atom. The molecule has 90 valence electrons. The quantitative estimate of drug-likeness (QED) is 0.834. The zero-order chi connectivity index (χ0) is 13.1. The van der Waals surface area contributed by atoms with Crippen LogP contribution in [-0.2, 0) is 0 Å². The van der Waals surface area contributed by atoms with Gasteiger partial charge in [0.2, 0.25) is 0 Å². The van der Waals surface area contributed by atoms with Crippen LogP contribution in [0, 0.1) is 11.3 Å². The van der Waals surface area contributed by atoms with E-state index in [0.717, 1.165) is 16.0 Å². The molecular weight excluding hydrogens is 314 g/mol. The molecule has 1 aromatic heterocycles. The van der Waals surface area contributed by atoms with Crippen molar-refractivity contribution in [3.8, 4) is 6.07 Å². The maximum absolute atomic E-state index is 8.89. The Morgan fingerprint density at radius 2 is 2.17 bits per heavy atom. The predicted octanol–water partition coefficient (Wildman–Crippen LogP) is 4.14. The number of hydrogen-bond donors (Lipinski definition) is 0. The largest absolute Gasteiger partial charge is 0.329 e. The summed E-state index contributed by atoms with van der Waals surface area (Å²) in [7, 11) is 1.89. The SMILES string of the molecule is CN(c1cccc(C#N)c1)c1ncc(Cl)cc1Br. The minimum atomic E-state index is 0.574. The van der Waals surface area contributed by atoms with Gasteiger partial charge in [-0.2, -0.15) is 5.26 Å². The molecule has 0 aliphatic heterocycles. The van der Waals surface area contributed by atoms with E-state index in [1.165, 1.54) is 0 Å². The van der Waals surface area contributed by atoms with Gasteiger partial charge in [-0.3, -0.25) is 0 Å². The standard InChI is InChI=1S/C13H9BrClN3/c1-18(11-4-2-3-9(5-11)7-16)13-12(14)6-10(15)8-17-13/h2-6,8H,1H3. The van der Waals surface area contributed by atoms with E-state index in [1.807, 2.05) is 30.1 Å². The van der Waals surface area contributed by atoms with Crippen molar-refractivity contribution in [3.63, 3.8) is 0 Å². The van der Waals surface area contributed by atoms with E-state index in [9.17, 15) is 0 Å². The van der Waals surface area contributed by atoms with Crippen LogP contribution in [0.1, 0.15) is 5.56 Å². The molecule has 0 N–H and O–H groups in total. The maximum Gasteiger partial charge on any atom is 0.147 e. The smallest absolute Gasteiger partial charge is 0.147 e. The highest BCUT2D eigenvalue weighted by molar-refractivity contribution is 9.10. The average molecular weight is 323 g/mol. The molecule has 0 amide bonds. The van der Waals surface area contributed by atoms with E-state index in [1.54, 1.807) is 18.3 Å². The van der Waals surface area contributed by atoms with Crippen LogP contribution in [-0.4, -0.2) is 12.0 Å². The van der Waals surface area contributed by atoms with Gasteiger partial charge in [0, 0.05) is 18.9 Å². The van der Waals surface area contributed by atoms with E-state index in [0.29, 0.717) is 10.6 Å². The van der Waals surface area contributed by atoms with Crippen LogP contribution >= 0.6 is 27.5 Å². The minimum Gasteiger partial charge on any atom is -0.329 e. The number of rotatable bonds is 2. The molecule has 0 aliphatic rings. The normalized spacial score (nSPS) is 9.89. The molecule has 0 spiro atoms. The molecule has 0 fully saturated rings. The Kier molecular flexibility index (Phi) is 3.85. The first-order valence-corrected chi connectivity index (χ1v) is 6.34. The second kappa shape index (κ2) is 5.38. The Hall–Kier alpha value is -1.57. The van der Waals surface area contributed by atoms with Crippen LogP contribution in [0.15, 0.2) is 41.0 Å². The zero-order valence-electron chi connectivity index (χ0n) is 9.56. The van der Waals surface area contributed by atoms with Crippen molar-refractivity contribution < 1.29 is 0 Å². The Balaban J connectivity index is 2.41. The molecule has 2 rings (SSSR count).